The van der Waals surface area contributed by atoms with Crippen LogP contribution in [0.3, 0.4) is 0 Å². The first kappa shape index (κ1) is 14.5. The van der Waals surface area contributed by atoms with Crippen molar-refractivity contribution >= 4 is 5.91 Å². The third kappa shape index (κ3) is 2.74. The van der Waals surface area contributed by atoms with Crippen molar-refractivity contribution in [1.29, 1.82) is 0 Å². The molecule has 1 aliphatic rings. The number of carbonyl (C=O) groups is 1. The molecule has 0 saturated carbocycles. The van der Waals surface area contributed by atoms with E-state index in [1.165, 1.54) is 18.6 Å². The van der Waals surface area contributed by atoms with Crippen LogP contribution >= 0.6 is 0 Å². The van der Waals surface area contributed by atoms with Crippen molar-refractivity contribution in [2.75, 3.05) is 6.54 Å². The van der Waals surface area contributed by atoms with Crippen molar-refractivity contribution in [1.82, 2.24) is 35.4 Å². The molecule has 3 aromatic heterocycles. The topological polar surface area (TPSA) is 121 Å². The number of carbonyl (C=O) groups excluding carboxylic acids is 1. The van der Waals surface area contributed by atoms with Crippen LogP contribution in [0.4, 0.5) is 0 Å². The first-order valence-corrected chi connectivity index (χ1v) is 7.29. The van der Waals surface area contributed by atoms with Crippen molar-refractivity contribution in [3.63, 3.8) is 0 Å². The Labute approximate surface area is 135 Å². The van der Waals surface area contributed by atoms with Gasteiger partial charge in [-0.25, -0.2) is 14.6 Å². The minimum atomic E-state index is -0.331. The fraction of sp³-hybridized carbons (Fsp3) is 0.286. The second-order valence-electron chi connectivity index (χ2n) is 5.21. The molecule has 1 atom stereocenters. The maximum absolute atomic E-state index is 11.8. The lowest BCUT2D eigenvalue weighted by molar-refractivity contribution is 0.00158. The molecule has 1 unspecified atom stereocenters. The molecule has 10 heteroatoms. The maximum atomic E-state index is 11.8. The van der Waals surface area contributed by atoms with E-state index in [1.807, 2.05) is 0 Å². The third-order valence-electron chi connectivity index (χ3n) is 3.66. The first-order chi connectivity index (χ1) is 11.8. The summed E-state index contributed by atoms with van der Waals surface area (Å²) in [5.74, 6) is -0.166. The van der Waals surface area contributed by atoms with Crippen LogP contribution in [-0.4, -0.2) is 48.7 Å². The average molecular weight is 327 g/mol. The molecule has 4 rings (SSSR count). The molecule has 0 bridgehead atoms. The van der Waals surface area contributed by atoms with Crippen molar-refractivity contribution in [3.8, 4) is 11.3 Å². The van der Waals surface area contributed by atoms with E-state index in [0.29, 0.717) is 25.4 Å². The molecule has 24 heavy (non-hydrogen) atoms. The number of hydrogen-bond donors (Lipinski definition) is 1. The molecule has 0 aliphatic carbocycles. The minimum absolute atomic E-state index is 0.165. The molecular formula is C14H13N7O3. The van der Waals surface area contributed by atoms with E-state index in [9.17, 15) is 4.79 Å². The standard InChI is InChI=1S/C14H13N7O3/c22-14(12-1-2-18-24-12)17-5-10-6-21-11(7-23-10)13(19-20-21)9-3-15-8-16-4-9/h1-4,8,10H,5-7H2,(H,17,22). The molecule has 0 aromatic carbocycles. The zero-order valence-corrected chi connectivity index (χ0v) is 12.5. The van der Waals surface area contributed by atoms with Gasteiger partial charge in [-0.2, -0.15) is 0 Å². The van der Waals surface area contributed by atoms with Crippen LogP contribution in [0, 0.1) is 0 Å². The fourth-order valence-electron chi connectivity index (χ4n) is 2.46. The summed E-state index contributed by atoms with van der Waals surface area (Å²) in [6.07, 6.45) is 6.04. The summed E-state index contributed by atoms with van der Waals surface area (Å²) in [4.78, 5) is 19.8. The van der Waals surface area contributed by atoms with Gasteiger partial charge in [-0.1, -0.05) is 10.4 Å². The van der Waals surface area contributed by atoms with E-state index in [2.05, 4.69) is 30.8 Å². The van der Waals surface area contributed by atoms with E-state index in [1.54, 1.807) is 17.1 Å². The minimum Gasteiger partial charge on any atom is -0.368 e. The summed E-state index contributed by atoms with van der Waals surface area (Å²) >= 11 is 0. The van der Waals surface area contributed by atoms with Crippen molar-refractivity contribution in [2.24, 2.45) is 0 Å². The third-order valence-corrected chi connectivity index (χ3v) is 3.66. The molecule has 0 spiro atoms. The number of aromatic nitrogens is 6. The summed E-state index contributed by atoms with van der Waals surface area (Å²) in [7, 11) is 0. The predicted octanol–water partition coefficient (Wildman–Crippen LogP) is 0.0519. The Morgan fingerprint density at radius 3 is 3.04 bits per heavy atom. The quantitative estimate of drug-likeness (QED) is 0.713. The number of ether oxygens (including phenoxy) is 1. The highest BCUT2D eigenvalue weighted by atomic mass is 16.5. The van der Waals surface area contributed by atoms with Gasteiger partial charge in [0, 0.05) is 30.6 Å². The van der Waals surface area contributed by atoms with E-state index < -0.39 is 0 Å². The van der Waals surface area contributed by atoms with E-state index in [4.69, 9.17) is 9.26 Å². The van der Waals surface area contributed by atoms with Crippen LogP contribution in [-0.2, 0) is 17.9 Å². The zero-order valence-electron chi connectivity index (χ0n) is 12.5. The second-order valence-corrected chi connectivity index (χ2v) is 5.21. The molecule has 122 valence electrons. The lowest BCUT2D eigenvalue weighted by atomic mass is 10.2. The van der Waals surface area contributed by atoms with Crippen LogP contribution in [0.1, 0.15) is 16.2 Å². The van der Waals surface area contributed by atoms with Crippen LogP contribution in [0.25, 0.3) is 11.3 Å². The smallest absolute Gasteiger partial charge is 0.289 e. The molecule has 3 aromatic rings. The lowest BCUT2D eigenvalue weighted by Gasteiger charge is -2.24. The molecule has 1 N–H and O–H groups in total. The van der Waals surface area contributed by atoms with Crippen LogP contribution in [0.5, 0.6) is 0 Å². The molecule has 1 amide bonds. The van der Waals surface area contributed by atoms with Gasteiger partial charge in [0.1, 0.15) is 12.0 Å². The van der Waals surface area contributed by atoms with Crippen LogP contribution < -0.4 is 5.32 Å². The van der Waals surface area contributed by atoms with Gasteiger partial charge in [-0.15, -0.1) is 5.10 Å². The highest BCUT2D eigenvalue weighted by Gasteiger charge is 2.25. The predicted molar refractivity (Wildman–Crippen MR) is 78.5 cm³/mol. The number of amides is 1. The fourth-order valence-corrected chi connectivity index (χ4v) is 2.46. The van der Waals surface area contributed by atoms with Gasteiger partial charge in [0.15, 0.2) is 0 Å². The van der Waals surface area contributed by atoms with Gasteiger partial charge in [-0.3, -0.25) is 4.79 Å². The number of nitrogens with zero attached hydrogens (tertiary/aromatic N) is 6. The Morgan fingerprint density at radius 1 is 1.38 bits per heavy atom. The molecule has 1 aliphatic heterocycles. The summed E-state index contributed by atoms with van der Waals surface area (Å²) in [5.41, 5.74) is 2.36. The highest BCUT2D eigenvalue weighted by Crippen LogP contribution is 2.23. The molecule has 10 nitrogen and oxygen atoms in total. The van der Waals surface area contributed by atoms with E-state index in [-0.39, 0.29) is 17.8 Å². The van der Waals surface area contributed by atoms with Gasteiger partial charge in [0.2, 0.25) is 5.76 Å². The molecule has 0 radical (unpaired) electrons. The summed E-state index contributed by atoms with van der Waals surface area (Å²) in [6, 6.07) is 1.50. The average Bonchev–Trinajstić information content (AvgIpc) is 3.30. The van der Waals surface area contributed by atoms with E-state index in [0.717, 1.165) is 11.3 Å². The van der Waals surface area contributed by atoms with Gasteiger partial charge < -0.3 is 14.6 Å². The molecule has 0 saturated heterocycles. The molecular weight excluding hydrogens is 314 g/mol. The number of nitrogens with one attached hydrogen (secondary N) is 1. The summed E-state index contributed by atoms with van der Waals surface area (Å²) in [6.45, 7) is 1.18. The number of rotatable bonds is 4. The summed E-state index contributed by atoms with van der Waals surface area (Å²) < 4.78 is 12.4. The van der Waals surface area contributed by atoms with Crippen molar-refractivity contribution in [2.45, 2.75) is 19.3 Å². The summed E-state index contributed by atoms with van der Waals surface area (Å²) in [5, 5.41) is 14.6. The Bertz CT molecular complexity index is 831. The van der Waals surface area contributed by atoms with Crippen molar-refractivity contribution < 1.29 is 14.1 Å². The lowest BCUT2D eigenvalue weighted by Crippen LogP contribution is -2.39. The Balaban J connectivity index is 1.42. The molecule has 4 heterocycles. The molecule has 0 fully saturated rings. The first-order valence-electron chi connectivity index (χ1n) is 7.29. The Hall–Kier alpha value is -3.14. The Kier molecular flexibility index (Phi) is 3.71. The second kappa shape index (κ2) is 6.16. The van der Waals surface area contributed by atoms with Crippen LogP contribution in [0.2, 0.25) is 0 Å². The Morgan fingerprint density at radius 2 is 2.25 bits per heavy atom. The van der Waals surface area contributed by atoms with Gasteiger partial charge >= 0.3 is 0 Å². The maximum Gasteiger partial charge on any atom is 0.289 e. The van der Waals surface area contributed by atoms with Crippen LogP contribution in [0.15, 0.2) is 35.5 Å². The van der Waals surface area contributed by atoms with Crippen molar-refractivity contribution in [3.05, 3.63) is 42.4 Å². The SMILES string of the molecule is O=C(NCC1Cn2nnc(-c3cncnc3)c2CO1)c1ccno1. The number of fused-ring (bicyclic) bond motifs is 1. The van der Waals surface area contributed by atoms with E-state index >= 15 is 0 Å². The monoisotopic (exact) mass is 327 g/mol. The van der Waals surface area contributed by atoms with Gasteiger partial charge in [0.25, 0.3) is 5.91 Å². The van der Waals surface area contributed by atoms with Gasteiger partial charge in [0.05, 0.1) is 31.1 Å². The normalized spacial score (nSPS) is 16.6. The largest absolute Gasteiger partial charge is 0.368 e. The zero-order chi connectivity index (χ0) is 16.4. The number of hydrogen-bond acceptors (Lipinski definition) is 8. The van der Waals surface area contributed by atoms with Gasteiger partial charge in [-0.05, 0) is 0 Å². The highest BCUT2D eigenvalue weighted by molar-refractivity contribution is 5.91.